The normalized spacial score (nSPS) is 14.9. The predicted octanol–water partition coefficient (Wildman–Crippen LogP) is 4.98. The van der Waals surface area contributed by atoms with Gasteiger partial charge in [0.05, 0.1) is 18.4 Å². The molecule has 0 bridgehead atoms. The Morgan fingerprint density at radius 2 is 1.78 bits per heavy atom. The Morgan fingerprint density at radius 1 is 1.06 bits per heavy atom. The van der Waals surface area contributed by atoms with E-state index in [9.17, 15) is 14.4 Å². The van der Waals surface area contributed by atoms with E-state index in [4.69, 9.17) is 28.6 Å². The largest absolute Gasteiger partial charge is 0.465 e. The number of thiocarbonyl (C=S) groups is 1. The molecule has 0 radical (unpaired) electrons. The average molecular weight is 522 g/mol. The van der Waals surface area contributed by atoms with Crippen molar-refractivity contribution in [1.82, 2.24) is 9.88 Å². The molecule has 2 aromatic carbocycles. The molecule has 1 N–H and O–H groups in total. The fourth-order valence-corrected chi connectivity index (χ4v) is 4.77. The van der Waals surface area contributed by atoms with Gasteiger partial charge >= 0.3 is 5.97 Å². The van der Waals surface area contributed by atoms with Gasteiger partial charge in [-0.05, 0) is 99.1 Å². The summed E-state index contributed by atoms with van der Waals surface area (Å²) >= 11 is 11.6. The van der Waals surface area contributed by atoms with Crippen LogP contribution < -0.4 is 10.2 Å². The number of methoxy groups -OCH3 is 1. The molecule has 1 saturated heterocycles. The summed E-state index contributed by atoms with van der Waals surface area (Å²) in [7, 11) is 1.34. The number of aromatic nitrogens is 1. The number of carbonyl (C=O) groups is 3. The first kappa shape index (κ1) is 25.3. The number of halogens is 1. The molecule has 9 heteroatoms. The van der Waals surface area contributed by atoms with Crippen molar-refractivity contribution in [2.24, 2.45) is 0 Å². The lowest BCUT2D eigenvalue weighted by Crippen LogP contribution is -2.54. The lowest BCUT2D eigenvalue weighted by Gasteiger charge is -2.30. The molecule has 1 aliphatic rings. The summed E-state index contributed by atoms with van der Waals surface area (Å²) in [5.41, 5.74) is 5.78. The first-order valence-corrected chi connectivity index (χ1v) is 11.9. The fourth-order valence-electron chi connectivity index (χ4n) is 4.33. The molecule has 0 unspecified atom stereocenters. The van der Waals surface area contributed by atoms with Crippen LogP contribution in [0.3, 0.4) is 0 Å². The topological polar surface area (TPSA) is 80.6 Å². The molecule has 0 atom stereocenters. The number of aryl methyl sites for hydroxylation is 2. The highest BCUT2D eigenvalue weighted by Gasteiger charge is 2.35. The van der Waals surface area contributed by atoms with Crippen LogP contribution in [0.25, 0.3) is 11.8 Å². The van der Waals surface area contributed by atoms with Crippen LogP contribution in [0.15, 0.2) is 48.0 Å². The van der Waals surface area contributed by atoms with E-state index in [-0.39, 0.29) is 10.7 Å². The maximum Gasteiger partial charge on any atom is 0.337 e. The highest BCUT2D eigenvalue weighted by Crippen LogP contribution is 2.31. The summed E-state index contributed by atoms with van der Waals surface area (Å²) in [5.74, 6) is -1.50. The minimum absolute atomic E-state index is 0.000639. The summed E-state index contributed by atoms with van der Waals surface area (Å²) < 4.78 is 6.82. The summed E-state index contributed by atoms with van der Waals surface area (Å²) in [4.78, 5) is 39.5. The number of esters is 1. The highest BCUT2D eigenvalue weighted by molar-refractivity contribution is 7.80. The zero-order valence-electron chi connectivity index (χ0n) is 20.4. The Hall–Kier alpha value is -3.75. The molecule has 0 aliphatic carbocycles. The Labute approximate surface area is 219 Å². The third-order valence-corrected chi connectivity index (χ3v) is 6.90. The van der Waals surface area contributed by atoms with Crippen LogP contribution in [0.1, 0.15) is 38.4 Å². The van der Waals surface area contributed by atoms with Crippen molar-refractivity contribution in [3.63, 3.8) is 0 Å². The molecule has 2 amide bonds. The molecule has 2 heterocycles. The van der Waals surface area contributed by atoms with Gasteiger partial charge in [-0.15, -0.1) is 0 Å². The molecule has 4 rings (SSSR count). The average Bonchev–Trinajstić information content (AvgIpc) is 3.11. The van der Waals surface area contributed by atoms with Gasteiger partial charge in [-0.1, -0.05) is 17.7 Å². The predicted molar refractivity (Wildman–Crippen MR) is 144 cm³/mol. The van der Waals surface area contributed by atoms with Gasteiger partial charge in [-0.3, -0.25) is 19.8 Å². The molecule has 1 fully saturated rings. The van der Waals surface area contributed by atoms with Crippen LogP contribution in [0, 0.1) is 27.7 Å². The SMILES string of the molecule is COC(=O)c1ccc(-n2c(C)cc(/C=C3\C(=O)NC(=S)N(c4cccc(Cl)c4C)C3=O)c2C)c(C)c1. The van der Waals surface area contributed by atoms with E-state index in [2.05, 4.69) is 5.32 Å². The molecule has 7 nitrogen and oxygen atoms in total. The van der Waals surface area contributed by atoms with Crippen LogP contribution in [-0.4, -0.2) is 34.6 Å². The second kappa shape index (κ2) is 9.72. The number of amides is 2. The van der Waals surface area contributed by atoms with Crippen molar-refractivity contribution in [3.8, 4) is 5.69 Å². The van der Waals surface area contributed by atoms with Crippen molar-refractivity contribution in [1.29, 1.82) is 0 Å². The Morgan fingerprint density at radius 3 is 2.44 bits per heavy atom. The first-order chi connectivity index (χ1) is 17.0. The monoisotopic (exact) mass is 521 g/mol. The second-order valence-corrected chi connectivity index (χ2v) is 9.29. The van der Waals surface area contributed by atoms with E-state index in [1.165, 1.54) is 12.0 Å². The summed E-state index contributed by atoms with van der Waals surface area (Å²) in [6.45, 7) is 7.53. The minimum atomic E-state index is -0.565. The van der Waals surface area contributed by atoms with Gasteiger partial charge in [0.2, 0.25) is 0 Å². The van der Waals surface area contributed by atoms with Gasteiger partial charge in [0.25, 0.3) is 11.8 Å². The summed E-state index contributed by atoms with van der Waals surface area (Å²) in [6, 6.07) is 12.4. The lowest BCUT2D eigenvalue weighted by molar-refractivity contribution is -0.122. The van der Waals surface area contributed by atoms with Gasteiger partial charge in [0.15, 0.2) is 5.11 Å². The van der Waals surface area contributed by atoms with E-state index in [1.54, 1.807) is 43.3 Å². The standard InChI is InChI=1S/C27H24ClN3O4S/c1-14-11-18(26(34)35-5)9-10-22(14)30-15(2)12-19(17(30)4)13-20-24(32)29-27(36)31(25(20)33)23-8-6-7-21(28)16(23)3/h6-13H,1-5H3,(H,29,32,36)/b20-13+. The highest BCUT2D eigenvalue weighted by atomic mass is 35.5. The van der Waals surface area contributed by atoms with Gasteiger partial charge < -0.3 is 9.30 Å². The maximum atomic E-state index is 13.5. The molecule has 3 aromatic rings. The second-order valence-electron chi connectivity index (χ2n) is 8.50. The summed E-state index contributed by atoms with van der Waals surface area (Å²) in [5, 5.41) is 3.10. The molecule has 1 aliphatic heterocycles. The van der Waals surface area contributed by atoms with Crippen molar-refractivity contribution in [3.05, 3.63) is 86.7 Å². The van der Waals surface area contributed by atoms with E-state index >= 15 is 0 Å². The summed E-state index contributed by atoms with van der Waals surface area (Å²) in [6.07, 6.45) is 1.57. The molecular weight excluding hydrogens is 498 g/mol. The Bertz CT molecular complexity index is 1490. The Kier molecular flexibility index (Phi) is 6.84. The number of carbonyl (C=O) groups excluding carboxylic acids is 3. The molecule has 0 spiro atoms. The number of nitrogens with zero attached hydrogens (tertiary/aromatic N) is 2. The van der Waals surface area contributed by atoms with Gasteiger partial charge in [0.1, 0.15) is 5.57 Å². The molecule has 36 heavy (non-hydrogen) atoms. The number of nitrogens with one attached hydrogen (secondary N) is 1. The van der Waals surface area contributed by atoms with Gasteiger partial charge in [-0.2, -0.15) is 0 Å². The number of ether oxygens (including phenoxy) is 1. The van der Waals surface area contributed by atoms with E-state index < -0.39 is 17.8 Å². The molecule has 184 valence electrons. The van der Waals surface area contributed by atoms with Crippen molar-refractivity contribution < 1.29 is 19.1 Å². The smallest absolute Gasteiger partial charge is 0.337 e. The van der Waals surface area contributed by atoms with Crippen molar-refractivity contribution in [2.45, 2.75) is 27.7 Å². The number of hydrogen-bond donors (Lipinski definition) is 1. The van der Waals surface area contributed by atoms with Crippen molar-refractivity contribution in [2.75, 3.05) is 12.0 Å². The van der Waals surface area contributed by atoms with Crippen LogP contribution in [0.2, 0.25) is 5.02 Å². The zero-order valence-corrected chi connectivity index (χ0v) is 22.0. The lowest BCUT2D eigenvalue weighted by atomic mass is 10.1. The van der Waals surface area contributed by atoms with E-state index in [0.29, 0.717) is 27.4 Å². The fraction of sp³-hybridized carbons (Fsp3) is 0.185. The van der Waals surface area contributed by atoms with E-state index in [1.807, 2.05) is 37.5 Å². The maximum absolute atomic E-state index is 13.5. The van der Waals surface area contributed by atoms with Crippen molar-refractivity contribution >= 4 is 58.5 Å². The number of rotatable bonds is 4. The van der Waals surface area contributed by atoms with E-state index in [0.717, 1.165) is 22.6 Å². The number of anilines is 1. The minimum Gasteiger partial charge on any atom is -0.465 e. The number of benzene rings is 2. The van der Waals surface area contributed by atoms with Crippen LogP contribution in [0.4, 0.5) is 5.69 Å². The first-order valence-electron chi connectivity index (χ1n) is 11.1. The third-order valence-electron chi connectivity index (χ3n) is 6.21. The molecule has 1 aromatic heterocycles. The van der Waals surface area contributed by atoms with Crippen LogP contribution in [-0.2, 0) is 14.3 Å². The molecule has 0 saturated carbocycles. The van der Waals surface area contributed by atoms with Crippen LogP contribution in [0.5, 0.6) is 0 Å². The van der Waals surface area contributed by atoms with Gasteiger partial charge in [0, 0.05) is 22.1 Å². The Balaban J connectivity index is 1.77. The zero-order chi connectivity index (χ0) is 26.3. The van der Waals surface area contributed by atoms with Gasteiger partial charge in [-0.25, -0.2) is 4.79 Å². The number of hydrogen-bond acceptors (Lipinski definition) is 5. The molecular formula is C27H24ClN3O4S. The quantitative estimate of drug-likeness (QED) is 0.227. The van der Waals surface area contributed by atoms with Crippen LogP contribution >= 0.6 is 23.8 Å². The third kappa shape index (κ3) is 4.34.